The van der Waals surface area contributed by atoms with E-state index in [2.05, 4.69) is 10.1 Å². The van der Waals surface area contributed by atoms with Gasteiger partial charge in [0.15, 0.2) is 0 Å². The van der Waals surface area contributed by atoms with Crippen molar-refractivity contribution >= 4 is 23.9 Å². The van der Waals surface area contributed by atoms with Gasteiger partial charge in [-0.1, -0.05) is 12.1 Å². The van der Waals surface area contributed by atoms with E-state index in [0.717, 1.165) is 5.56 Å². The standard InChI is InChI=1S/C16H19N3O6/c1-25-14(8-10-2-4-11(20)5-3-10)15(22)19-13(16(23)24)7-6-12(21)9-18-17/h2-5,9,13-14,20H,6-8H2,1H3,(H,19,22)(H,23,24). The zero-order valence-corrected chi connectivity index (χ0v) is 13.6. The zero-order valence-electron chi connectivity index (χ0n) is 13.6. The number of carboxylic acids is 1. The van der Waals surface area contributed by atoms with Crippen LogP contribution in [0.3, 0.4) is 0 Å². The molecule has 0 heterocycles. The molecule has 0 saturated heterocycles. The van der Waals surface area contributed by atoms with Gasteiger partial charge in [-0.3, -0.25) is 9.59 Å². The molecule has 25 heavy (non-hydrogen) atoms. The Balaban J connectivity index is 2.69. The summed E-state index contributed by atoms with van der Waals surface area (Å²) in [6.07, 6.45) is -0.423. The Kier molecular flexibility index (Phi) is 7.98. The highest BCUT2D eigenvalue weighted by molar-refractivity contribution is 6.25. The molecule has 0 aromatic heterocycles. The number of hydrogen-bond acceptors (Lipinski definition) is 5. The Hall–Kier alpha value is -3.03. The van der Waals surface area contributed by atoms with Crippen molar-refractivity contribution in [2.75, 3.05) is 7.11 Å². The molecule has 0 fully saturated rings. The number of ketones is 1. The number of aromatic hydroxyl groups is 1. The smallest absolute Gasteiger partial charge is 0.326 e. The van der Waals surface area contributed by atoms with Crippen LogP contribution in [0, 0.1) is 0 Å². The van der Waals surface area contributed by atoms with Crippen LogP contribution in [0.1, 0.15) is 18.4 Å². The molecule has 0 aliphatic heterocycles. The highest BCUT2D eigenvalue weighted by Crippen LogP contribution is 2.12. The molecule has 1 amide bonds. The maximum absolute atomic E-state index is 12.2. The van der Waals surface area contributed by atoms with Crippen LogP contribution in [0.4, 0.5) is 0 Å². The van der Waals surface area contributed by atoms with Crippen molar-refractivity contribution in [3.8, 4) is 5.75 Å². The lowest BCUT2D eigenvalue weighted by Gasteiger charge is -2.19. The molecule has 0 aliphatic rings. The third kappa shape index (κ3) is 6.94. The number of aliphatic carboxylic acids is 1. The van der Waals surface area contributed by atoms with E-state index in [1.807, 2.05) is 0 Å². The van der Waals surface area contributed by atoms with Crippen LogP contribution < -0.4 is 5.32 Å². The van der Waals surface area contributed by atoms with E-state index in [1.165, 1.54) is 19.2 Å². The number of phenolic OH excluding ortho intramolecular Hbond substituents is 1. The van der Waals surface area contributed by atoms with Crippen LogP contribution in [0.5, 0.6) is 5.75 Å². The summed E-state index contributed by atoms with van der Waals surface area (Å²) >= 11 is 0. The lowest BCUT2D eigenvalue weighted by Crippen LogP contribution is -2.46. The van der Waals surface area contributed by atoms with Gasteiger partial charge in [-0.05, 0) is 24.1 Å². The fraction of sp³-hybridized carbons (Fsp3) is 0.375. The summed E-state index contributed by atoms with van der Waals surface area (Å²) in [6.45, 7) is 0. The Morgan fingerprint density at radius 2 is 1.96 bits per heavy atom. The molecule has 0 aliphatic carbocycles. The molecule has 1 aromatic rings. The van der Waals surface area contributed by atoms with Crippen molar-refractivity contribution in [2.24, 2.45) is 0 Å². The van der Waals surface area contributed by atoms with E-state index in [4.69, 9.17) is 15.4 Å². The Labute approximate surface area is 143 Å². The third-order valence-electron chi connectivity index (χ3n) is 3.43. The van der Waals surface area contributed by atoms with Crippen LogP contribution in [0.25, 0.3) is 5.53 Å². The van der Waals surface area contributed by atoms with Crippen LogP contribution in [0.2, 0.25) is 0 Å². The van der Waals surface area contributed by atoms with Gasteiger partial charge in [-0.15, -0.1) is 0 Å². The zero-order chi connectivity index (χ0) is 18.8. The minimum Gasteiger partial charge on any atom is -0.508 e. The van der Waals surface area contributed by atoms with Gasteiger partial charge in [-0.2, -0.15) is 4.79 Å². The quantitative estimate of drug-likeness (QED) is 0.311. The Morgan fingerprint density at radius 1 is 1.32 bits per heavy atom. The minimum absolute atomic E-state index is 0.0872. The SMILES string of the molecule is COC(Cc1ccc(O)cc1)C(=O)NC(CCC(=O)C=[N+]=[N-])C(=O)O. The van der Waals surface area contributed by atoms with E-state index in [0.29, 0.717) is 6.21 Å². The first-order valence-electron chi connectivity index (χ1n) is 7.41. The number of ether oxygens (including phenoxy) is 1. The van der Waals surface area contributed by atoms with Gasteiger partial charge in [0.1, 0.15) is 17.9 Å². The number of Topliss-reactive ketones (excluding diaryl/α,β-unsaturated/α-hetero) is 1. The normalized spacial score (nSPS) is 12.5. The molecule has 2 unspecified atom stereocenters. The highest BCUT2D eigenvalue weighted by atomic mass is 16.5. The largest absolute Gasteiger partial charge is 0.508 e. The van der Waals surface area contributed by atoms with Gasteiger partial charge in [-0.25, -0.2) is 4.79 Å². The number of phenols is 1. The van der Waals surface area contributed by atoms with Crippen molar-refractivity contribution in [1.29, 1.82) is 0 Å². The summed E-state index contributed by atoms with van der Waals surface area (Å²) in [4.78, 5) is 37.3. The number of nitrogens with one attached hydrogen (secondary N) is 1. The molecule has 2 atom stereocenters. The van der Waals surface area contributed by atoms with Crippen molar-refractivity contribution in [3.63, 3.8) is 0 Å². The summed E-state index contributed by atoms with van der Waals surface area (Å²) < 4.78 is 5.10. The number of hydrogen-bond donors (Lipinski definition) is 3. The molecule has 9 heteroatoms. The first-order valence-corrected chi connectivity index (χ1v) is 7.41. The van der Waals surface area contributed by atoms with E-state index in [9.17, 15) is 19.5 Å². The predicted molar refractivity (Wildman–Crippen MR) is 86.1 cm³/mol. The van der Waals surface area contributed by atoms with Crippen LogP contribution in [-0.4, -0.2) is 58.1 Å². The van der Waals surface area contributed by atoms with E-state index in [-0.39, 0.29) is 25.0 Å². The summed E-state index contributed by atoms with van der Waals surface area (Å²) in [5.41, 5.74) is 8.97. The number of carboxylic acid groups (broad SMARTS) is 1. The lowest BCUT2D eigenvalue weighted by molar-refractivity contribution is -0.144. The minimum atomic E-state index is -1.29. The fourth-order valence-corrected chi connectivity index (χ4v) is 2.07. The summed E-state index contributed by atoms with van der Waals surface area (Å²) in [6, 6.07) is 4.90. The fourth-order valence-electron chi connectivity index (χ4n) is 2.07. The number of amides is 1. The molecule has 0 bridgehead atoms. The van der Waals surface area contributed by atoms with Crippen LogP contribution in [0.15, 0.2) is 24.3 Å². The second kappa shape index (κ2) is 9.96. The number of benzene rings is 1. The third-order valence-corrected chi connectivity index (χ3v) is 3.43. The number of carbonyl (C=O) groups is 3. The summed E-state index contributed by atoms with van der Waals surface area (Å²) in [7, 11) is 1.32. The molecule has 3 N–H and O–H groups in total. The Morgan fingerprint density at radius 3 is 2.48 bits per heavy atom. The van der Waals surface area contributed by atoms with Crippen molar-refractivity contribution in [1.82, 2.24) is 5.32 Å². The average Bonchev–Trinajstić information content (AvgIpc) is 2.57. The van der Waals surface area contributed by atoms with Gasteiger partial charge >= 0.3 is 12.2 Å². The monoisotopic (exact) mass is 349 g/mol. The van der Waals surface area contributed by atoms with Crippen LogP contribution >= 0.6 is 0 Å². The summed E-state index contributed by atoms with van der Waals surface area (Å²) in [5, 5.41) is 20.7. The molecule has 0 spiro atoms. The first-order chi connectivity index (χ1) is 11.9. The molecular weight excluding hydrogens is 330 g/mol. The predicted octanol–water partition coefficient (Wildman–Crippen LogP) is 0.169. The summed E-state index contributed by atoms with van der Waals surface area (Å²) in [5.74, 6) is -2.40. The van der Waals surface area contributed by atoms with Gasteiger partial charge in [0.05, 0.1) is 0 Å². The number of rotatable bonds is 10. The van der Waals surface area contributed by atoms with Crippen molar-refractivity contribution < 1.29 is 34.1 Å². The highest BCUT2D eigenvalue weighted by Gasteiger charge is 2.26. The second-order valence-electron chi connectivity index (χ2n) is 5.24. The molecular formula is C16H19N3O6. The molecule has 0 saturated carbocycles. The second-order valence-corrected chi connectivity index (χ2v) is 5.24. The average molecular weight is 349 g/mol. The lowest BCUT2D eigenvalue weighted by atomic mass is 10.1. The van der Waals surface area contributed by atoms with Crippen LogP contribution in [-0.2, 0) is 25.5 Å². The van der Waals surface area contributed by atoms with Crippen molar-refractivity contribution in [2.45, 2.75) is 31.4 Å². The first kappa shape index (κ1) is 20.0. The molecule has 1 aromatic carbocycles. The van der Waals surface area contributed by atoms with Gasteiger partial charge in [0, 0.05) is 20.0 Å². The number of carbonyl (C=O) groups excluding carboxylic acids is 2. The van der Waals surface area contributed by atoms with Crippen molar-refractivity contribution in [3.05, 3.63) is 35.4 Å². The molecule has 0 radical (unpaired) electrons. The van der Waals surface area contributed by atoms with Gasteiger partial charge in [0.2, 0.25) is 11.7 Å². The van der Waals surface area contributed by atoms with Gasteiger partial charge < -0.3 is 25.8 Å². The molecule has 134 valence electrons. The van der Waals surface area contributed by atoms with Gasteiger partial charge in [0.25, 0.3) is 0 Å². The molecule has 9 nitrogen and oxygen atoms in total. The molecule has 1 rings (SSSR count). The number of methoxy groups -OCH3 is 1. The maximum Gasteiger partial charge on any atom is 0.326 e. The number of nitrogens with zero attached hydrogens (tertiary/aromatic N) is 2. The van der Waals surface area contributed by atoms with E-state index >= 15 is 0 Å². The van der Waals surface area contributed by atoms with E-state index < -0.39 is 29.8 Å². The Bertz CT molecular complexity index is 667. The topological polar surface area (TPSA) is 149 Å². The van der Waals surface area contributed by atoms with E-state index in [1.54, 1.807) is 12.1 Å². The maximum atomic E-state index is 12.2.